The molecule has 0 saturated heterocycles. The standard InChI is InChI=1S/C17H13FN6O3/c1-10-6-14(22-27-10)21-15(25)8-23-9-19-16-13(17(23)26)7-20-24(16)12-4-2-11(18)3-5-12/h2-7,9H,8H2,1H3,(H,21,22,25). The van der Waals surface area contributed by atoms with E-state index in [0.717, 1.165) is 0 Å². The van der Waals surface area contributed by atoms with E-state index >= 15 is 0 Å². The number of carbonyl (C=O) groups is 1. The molecule has 10 heteroatoms. The van der Waals surface area contributed by atoms with Crippen molar-refractivity contribution in [3.8, 4) is 5.69 Å². The van der Waals surface area contributed by atoms with Gasteiger partial charge in [-0.2, -0.15) is 5.10 Å². The van der Waals surface area contributed by atoms with Crippen molar-refractivity contribution in [1.82, 2.24) is 24.5 Å². The molecule has 3 heterocycles. The third-order valence-electron chi connectivity index (χ3n) is 3.84. The summed E-state index contributed by atoms with van der Waals surface area (Å²) in [5, 5.41) is 10.6. The largest absolute Gasteiger partial charge is 0.360 e. The second-order valence-electron chi connectivity index (χ2n) is 5.82. The van der Waals surface area contributed by atoms with Crippen molar-refractivity contribution < 1.29 is 13.7 Å². The Labute approximate surface area is 151 Å². The lowest BCUT2D eigenvalue weighted by atomic mass is 10.3. The number of benzene rings is 1. The van der Waals surface area contributed by atoms with E-state index in [1.807, 2.05) is 0 Å². The number of aromatic nitrogens is 5. The molecule has 0 saturated carbocycles. The number of rotatable bonds is 4. The molecule has 0 aliphatic carbocycles. The lowest BCUT2D eigenvalue weighted by Crippen LogP contribution is -2.27. The normalized spacial score (nSPS) is 11.0. The van der Waals surface area contributed by atoms with E-state index in [4.69, 9.17) is 4.52 Å². The highest BCUT2D eigenvalue weighted by Gasteiger charge is 2.14. The molecule has 1 amide bonds. The van der Waals surface area contributed by atoms with Gasteiger partial charge in [-0.25, -0.2) is 14.1 Å². The molecule has 27 heavy (non-hydrogen) atoms. The fraction of sp³-hybridized carbons (Fsp3) is 0.118. The Morgan fingerprint density at radius 2 is 2.07 bits per heavy atom. The van der Waals surface area contributed by atoms with E-state index in [1.165, 1.54) is 46.0 Å². The first-order chi connectivity index (χ1) is 13.0. The van der Waals surface area contributed by atoms with Crippen LogP contribution in [-0.4, -0.2) is 30.4 Å². The predicted octanol–water partition coefficient (Wildman–Crippen LogP) is 1.66. The first-order valence-corrected chi connectivity index (χ1v) is 7.93. The van der Waals surface area contributed by atoms with Crippen molar-refractivity contribution >= 4 is 22.8 Å². The van der Waals surface area contributed by atoms with Crippen LogP contribution < -0.4 is 10.9 Å². The van der Waals surface area contributed by atoms with Gasteiger partial charge >= 0.3 is 0 Å². The van der Waals surface area contributed by atoms with Gasteiger partial charge in [-0.05, 0) is 31.2 Å². The highest BCUT2D eigenvalue weighted by atomic mass is 19.1. The number of halogens is 1. The Hall–Kier alpha value is -3.82. The molecule has 9 nitrogen and oxygen atoms in total. The van der Waals surface area contributed by atoms with Crippen LogP contribution in [-0.2, 0) is 11.3 Å². The van der Waals surface area contributed by atoms with Gasteiger partial charge in [0.05, 0.1) is 11.9 Å². The SMILES string of the molecule is Cc1cc(NC(=O)Cn2cnc3c(cnn3-c3ccc(F)cc3)c2=O)no1. The van der Waals surface area contributed by atoms with Crippen LogP contribution in [0.4, 0.5) is 10.2 Å². The van der Waals surface area contributed by atoms with Crippen LogP contribution in [0.1, 0.15) is 5.76 Å². The van der Waals surface area contributed by atoms with Crippen LogP contribution in [0.25, 0.3) is 16.7 Å². The molecule has 0 radical (unpaired) electrons. The Morgan fingerprint density at radius 3 is 2.78 bits per heavy atom. The number of fused-ring (bicyclic) bond motifs is 1. The fourth-order valence-corrected chi connectivity index (χ4v) is 2.59. The first-order valence-electron chi connectivity index (χ1n) is 7.93. The minimum absolute atomic E-state index is 0.241. The molecule has 0 spiro atoms. The molecule has 1 N–H and O–H groups in total. The molecule has 4 rings (SSSR count). The van der Waals surface area contributed by atoms with Crippen molar-refractivity contribution in [3.05, 3.63) is 64.8 Å². The number of aryl methyl sites for hydroxylation is 1. The zero-order chi connectivity index (χ0) is 19.0. The lowest BCUT2D eigenvalue weighted by Gasteiger charge is -2.06. The highest BCUT2D eigenvalue weighted by molar-refractivity contribution is 5.89. The minimum atomic E-state index is -0.447. The van der Waals surface area contributed by atoms with Crippen molar-refractivity contribution in [2.24, 2.45) is 0 Å². The van der Waals surface area contributed by atoms with Gasteiger partial charge in [-0.3, -0.25) is 14.2 Å². The van der Waals surface area contributed by atoms with Crippen molar-refractivity contribution in [2.75, 3.05) is 5.32 Å². The third kappa shape index (κ3) is 3.19. The van der Waals surface area contributed by atoms with Gasteiger partial charge in [0, 0.05) is 6.07 Å². The van der Waals surface area contributed by atoms with Gasteiger partial charge in [-0.15, -0.1) is 0 Å². The highest BCUT2D eigenvalue weighted by Crippen LogP contribution is 2.14. The van der Waals surface area contributed by atoms with Crippen LogP contribution >= 0.6 is 0 Å². The Bertz CT molecular complexity index is 1190. The van der Waals surface area contributed by atoms with Gasteiger partial charge in [0.1, 0.15) is 29.8 Å². The molecule has 3 aromatic heterocycles. The van der Waals surface area contributed by atoms with Crippen LogP contribution in [0, 0.1) is 12.7 Å². The quantitative estimate of drug-likeness (QED) is 0.587. The molecule has 0 fully saturated rings. The van der Waals surface area contributed by atoms with E-state index in [0.29, 0.717) is 17.1 Å². The van der Waals surface area contributed by atoms with Gasteiger partial charge in [-0.1, -0.05) is 5.16 Å². The smallest absolute Gasteiger partial charge is 0.264 e. The van der Waals surface area contributed by atoms with Crippen LogP contribution in [0.15, 0.2) is 52.2 Å². The number of anilines is 1. The number of hydrogen-bond donors (Lipinski definition) is 1. The molecule has 0 unspecified atom stereocenters. The Morgan fingerprint density at radius 1 is 1.30 bits per heavy atom. The number of nitrogens with zero attached hydrogens (tertiary/aromatic N) is 5. The monoisotopic (exact) mass is 368 g/mol. The topological polar surface area (TPSA) is 108 Å². The fourth-order valence-electron chi connectivity index (χ4n) is 2.59. The number of hydrogen-bond acceptors (Lipinski definition) is 6. The molecule has 4 aromatic rings. The second-order valence-corrected chi connectivity index (χ2v) is 5.82. The lowest BCUT2D eigenvalue weighted by molar-refractivity contribution is -0.116. The van der Waals surface area contributed by atoms with Crippen LogP contribution in [0.5, 0.6) is 0 Å². The van der Waals surface area contributed by atoms with E-state index in [1.54, 1.807) is 13.0 Å². The maximum atomic E-state index is 13.1. The van der Waals surface area contributed by atoms with Crippen molar-refractivity contribution in [1.29, 1.82) is 0 Å². The zero-order valence-electron chi connectivity index (χ0n) is 14.1. The Kier molecular flexibility index (Phi) is 3.99. The molecule has 0 aliphatic heterocycles. The van der Waals surface area contributed by atoms with E-state index < -0.39 is 11.5 Å². The summed E-state index contributed by atoms with van der Waals surface area (Å²) in [5.41, 5.74) is 0.463. The van der Waals surface area contributed by atoms with Gasteiger partial charge in [0.15, 0.2) is 11.5 Å². The number of amides is 1. The van der Waals surface area contributed by atoms with E-state index in [2.05, 4.69) is 20.6 Å². The summed E-state index contributed by atoms with van der Waals surface area (Å²) in [6.45, 7) is 1.46. The van der Waals surface area contributed by atoms with Gasteiger partial charge in [0.2, 0.25) is 5.91 Å². The molecule has 136 valence electrons. The molecule has 0 atom stereocenters. The van der Waals surface area contributed by atoms with E-state index in [9.17, 15) is 14.0 Å². The van der Waals surface area contributed by atoms with Gasteiger partial charge in [0.25, 0.3) is 5.56 Å². The summed E-state index contributed by atoms with van der Waals surface area (Å²) < 4.78 is 20.6. The minimum Gasteiger partial charge on any atom is -0.360 e. The summed E-state index contributed by atoms with van der Waals surface area (Å²) in [7, 11) is 0. The Balaban J connectivity index is 1.62. The average Bonchev–Trinajstić information content (AvgIpc) is 3.25. The van der Waals surface area contributed by atoms with Crippen molar-refractivity contribution in [2.45, 2.75) is 13.5 Å². The maximum Gasteiger partial charge on any atom is 0.264 e. The van der Waals surface area contributed by atoms with Crippen molar-refractivity contribution in [3.63, 3.8) is 0 Å². The van der Waals surface area contributed by atoms with Crippen LogP contribution in [0.3, 0.4) is 0 Å². The summed E-state index contributed by atoms with van der Waals surface area (Å²) >= 11 is 0. The second kappa shape index (κ2) is 6.48. The summed E-state index contributed by atoms with van der Waals surface area (Å²) in [4.78, 5) is 28.9. The molecular formula is C17H13FN6O3. The van der Waals surface area contributed by atoms with Crippen LogP contribution in [0.2, 0.25) is 0 Å². The van der Waals surface area contributed by atoms with Gasteiger partial charge < -0.3 is 9.84 Å². The van der Waals surface area contributed by atoms with E-state index in [-0.39, 0.29) is 23.6 Å². The first kappa shape index (κ1) is 16.6. The molecular weight excluding hydrogens is 355 g/mol. The maximum absolute atomic E-state index is 13.1. The number of carbonyl (C=O) groups excluding carboxylic acids is 1. The molecule has 0 bridgehead atoms. The third-order valence-corrected chi connectivity index (χ3v) is 3.84. The molecule has 0 aliphatic rings. The zero-order valence-corrected chi connectivity index (χ0v) is 14.1. The summed E-state index contributed by atoms with van der Waals surface area (Å²) in [6.07, 6.45) is 2.63. The summed E-state index contributed by atoms with van der Waals surface area (Å²) in [6, 6.07) is 7.21. The molecule has 1 aromatic carbocycles. The average molecular weight is 368 g/mol. The number of nitrogens with one attached hydrogen (secondary N) is 1. The summed E-state index contributed by atoms with van der Waals surface area (Å²) in [5.74, 6) is -0.00111. The predicted molar refractivity (Wildman–Crippen MR) is 93.0 cm³/mol.